The third kappa shape index (κ3) is 1.08. The van der Waals surface area contributed by atoms with Crippen LogP contribution in [0.1, 0.15) is 39.5 Å². The topological polar surface area (TPSA) is 72.8 Å². The first-order chi connectivity index (χ1) is 9.37. The number of ether oxygens (including phenoxy) is 2. The van der Waals surface area contributed by atoms with Crippen LogP contribution in [0.5, 0.6) is 0 Å². The third-order valence-corrected chi connectivity index (χ3v) is 6.61. The molecule has 4 fully saturated rings. The molecule has 2 heterocycles. The molecule has 2 aliphatic carbocycles. The van der Waals surface area contributed by atoms with Crippen molar-refractivity contribution in [3.63, 3.8) is 0 Å². The lowest BCUT2D eigenvalue weighted by atomic mass is 9.57. The minimum atomic E-state index is -0.743. The van der Waals surface area contributed by atoms with Gasteiger partial charge in [0, 0.05) is 6.61 Å². The van der Waals surface area contributed by atoms with Crippen LogP contribution in [0.3, 0.4) is 0 Å². The molecule has 4 aliphatic rings. The van der Waals surface area contributed by atoms with Gasteiger partial charge in [-0.3, -0.25) is 9.59 Å². The van der Waals surface area contributed by atoms with Crippen LogP contribution in [-0.2, 0) is 19.1 Å². The van der Waals surface area contributed by atoms with Gasteiger partial charge in [0.25, 0.3) is 6.29 Å². The molecule has 2 aliphatic heterocycles. The molecule has 0 radical (unpaired) electrons. The molecule has 1 unspecified atom stereocenters. The minimum absolute atomic E-state index is 0.0802. The number of hydrogen-bond donors (Lipinski definition) is 1. The van der Waals surface area contributed by atoms with Crippen LogP contribution in [-0.4, -0.2) is 29.9 Å². The van der Waals surface area contributed by atoms with E-state index in [4.69, 9.17) is 9.47 Å². The molecule has 4 rings (SSSR count). The lowest BCUT2D eigenvalue weighted by molar-refractivity contribution is -0.229. The molecule has 0 aromatic carbocycles. The third-order valence-electron chi connectivity index (χ3n) is 6.61. The molecule has 5 heteroatoms. The summed E-state index contributed by atoms with van der Waals surface area (Å²) in [6.07, 6.45) is 2.01. The van der Waals surface area contributed by atoms with Gasteiger partial charge in [-0.05, 0) is 36.0 Å². The molecular weight excluding hydrogens is 260 g/mol. The Balaban J connectivity index is 1.94. The lowest BCUT2D eigenvalue weighted by Gasteiger charge is -2.48. The fraction of sp³-hybridized carbons (Fsp3) is 0.867. The molecule has 0 aromatic heterocycles. The highest BCUT2D eigenvalue weighted by molar-refractivity contribution is 5.80. The fourth-order valence-corrected chi connectivity index (χ4v) is 6.18. The number of carbonyl (C=O) groups is 2. The second-order valence-corrected chi connectivity index (χ2v) is 7.60. The first kappa shape index (κ1) is 12.6. The Morgan fingerprint density at radius 1 is 1.25 bits per heavy atom. The molecule has 1 N–H and O–H groups in total. The average Bonchev–Trinajstić information content (AvgIpc) is 2.92. The fourth-order valence-electron chi connectivity index (χ4n) is 6.18. The average molecular weight is 280 g/mol. The zero-order chi connectivity index (χ0) is 14.3. The van der Waals surface area contributed by atoms with E-state index in [1.54, 1.807) is 0 Å². The predicted octanol–water partition coefficient (Wildman–Crippen LogP) is 1.24. The van der Waals surface area contributed by atoms with Gasteiger partial charge in [-0.25, -0.2) is 0 Å². The highest BCUT2D eigenvalue weighted by atomic mass is 16.7. The smallest absolute Gasteiger partial charge is 0.312 e. The molecule has 0 aromatic rings. The first-order valence-electron chi connectivity index (χ1n) is 7.38. The maximum Gasteiger partial charge on any atom is 0.312 e. The van der Waals surface area contributed by atoms with Gasteiger partial charge in [-0.2, -0.15) is 0 Å². The van der Waals surface area contributed by atoms with Crippen LogP contribution in [0.15, 0.2) is 0 Å². The largest absolute Gasteiger partial charge is 0.424 e. The summed E-state index contributed by atoms with van der Waals surface area (Å²) in [5.74, 6) is -0.506. The Hall–Kier alpha value is -1.10. The van der Waals surface area contributed by atoms with Crippen molar-refractivity contribution < 1.29 is 24.2 Å². The molecule has 110 valence electrons. The number of carbonyl (C=O) groups excluding carboxylic acids is 2. The molecule has 0 bridgehead atoms. The molecule has 6 atom stereocenters. The maximum atomic E-state index is 12.2. The van der Waals surface area contributed by atoms with Crippen molar-refractivity contribution in [3.05, 3.63) is 0 Å². The summed E-state index contributed by atoms with van der Waals surface area (Å²) in [4.78, 5) is 24.1. The van der Waals surface area contributed by atoms with Gasteiger partial charge in [0.15, 0.2) is 0 Å². The summed E-state index contributed by atoms with van der Waals surface area (Å²) in [5, 5.41) is 9.90. The van der Waals surface area contributed by atoms with Gasteiger partial charge >= 0.3 is 11.9 Å². The minimum Gasteiger partial charge on any atom is -0.424 e. The second-order valence-electron chi connectivity index (χ2n) is 7.60. The van der Waals surface area contributed by atoms with Crippen molar-refractivity contribution in [1.29, 1.82) is 0 Å². The van der Waals surface area contributed by atoms with Crippen molar-refractivity contribution in [1.82, 2.24) is 0 Å². The Labute approximate surface area is 117 Å². The van der Waals surface area contributed by atoms with Crippen molar-refractivity contribution in [2.75, 3.05) is 6.61 Å². The van der Waals surface area contributed by atoms with Crippen LogP contribution in [0, 0.1) is 28.1 Å². The van der Waals surface area contributed by atoms with Crippen molar-refractivity contribution in [2.24, 2.45) is 28.1 Å². The van der Waals surface area contributed by atoms with Crippen LogP contribution in [0.25, 0.3) is 0 Å². The van der Waals surface area contributed by atoms with Gasteiger partial charge < -0.3 is 14.6 Å². The molecule has 2 saturated heterocycles. The first-order valence-corrected chi connectivity index (χ1v) is 7.38. The van der Waals surface area contributed by atoms with E-state index >= 15 is 0 Å². The zero-order valence-electron chi connectivity index (χ0n) is 11.8. The Morgan fingerprint density at radius 3 is 2.70 bits per heavy atom. The quantitative estimate of drug-likeness (QED) is 0.732. The molecular formula is C15H20O5. The van der Waals surface area contributed by atoms with Crippen LogP contribution in [0.4, 0.5) is 0 Å². The highest BCUT2D eigenvalue weighted by Crippen LogP contribution is 2.77. The van der Waals surface area contributed by atoms with Gasteiger partial charge in [-0.15, -0.1) is 0 Å². The number of rotatable bonds is 1. The van der Waals surface area contributed by atoms with E-state index in [9.17, 15) is 14.7 Å². The normalized spacial score (nSPS) is 56.2. The number of hydrogen-bond acceptors (Lipinski definition) is 5. The SMILES string of the molecule is CC12CC(=O)O[C@H]3OC(=O)[C@@H]4CC[C@@H]([C@](C)(CO)C1)[C@]342. The Kier molecular flexibility index (Phi) is 2.13. The molecule has 20 heavy (non-hydrogen) atoms. The molecule has 5 nitrogen and oxygen atoms in total. The highest BCUT2D eigenvalue weighted by Gasteiger charge is 2.81. The summed E-state index contributed by atoms with van der Waals surface area (Å²) >= 11 is 0. The van der Waals surface area contributed by atoms with Crippen molar-refractivity contribution in [2.45, 2.75) is 45.8 Å². The second kappa shape index (κ2) is 3.38. The van der Waals surface area contributed by atoms with Gasteiger partial charge in [0.05, 0.1) is 17.8 Å². The molecule has 1 spiro atoms. The predicted molar refractivity (Wildman–Crippen MR) is 67.2 cm³/mol. The van der Waals surface area contributed by atoms with Crippen LogP contribution < -0.4 is 0 Å². The zero-order valence-corrected chi connectivity index (χ0v) is 11.8. The van der Waals surface area contributed by atoms with Crippen LogP contribution >= 0.6 is 0 Å². The van der Waals surface area contributed by atoms with Crippen molar-refractivity contribution in [3.8, 4) is 0 Å². The number of aliphatic hydroxyl groups is 1. The van der Waals surface area contributed by atoms with E-state index in [-0.39, 0.29) is 41.2 Å². The van der Waals surface area contributed by atoms with Gasteiger partial charge in [-0.1, -0.05) is 13.8 Å². The summed E-state index contributed by atoms with van der Waals surface area (Å²) in [7, 11) is 0. The van der Waals surface area contributed by atoms with E-state index in [0.29, 0.717) is 6.42 Å². The van der Waals surface area contributed by atoms with E-state index in [1.165, 1.54) is 0 Å². The molecule has 2 saturated carbocycles. The number of esters is 2. The monoisotopic (exact) mass is 280 g/mol. The Morgan fingerprint density at radius 2 is 2.00 bits per heavy atom. The summed E-state index contributed by atoms with van der Waals surface area (Å²) in [6.45, 7) is 4.23. The van der Waals surface area contributed by atoms with Gasteiger partial charge in [0.2, 0.25) is 0 Å². The lowest BCUT2D eigenvalue weighted by Crippen LogP contribution is -2.54. The van der Waals surface area contributed by atoms with E-state index in [1.807, 2.05) is 0 Å². The summed E-state index contributed by atoms with van der Waals surface area (Å²) < 4.78 is 10.8. The number of aliphatic hydroxyl groups excluding tert-OH is 1. The Bertz CT molecular complexity index is 514. The summed E-state index contributed by atoms with van der Waals surface area (Å²) in [5.41, 5.74) is -0.998. The van der Waals surface area contributed by atoms with Crippen molar-refractivity contribution >= 4 is 11.9 Å². The standard InChI is InChI=1S/C15H20O5/c1-13(7-16)6-14(2)5-10(17)19-12-15(14)8(11(18)20-12)3-4-9(13)15/h8-9,12,16H,3-7H2,1-2H3/t8-,9-,12-,13-,14?,15-/m0/s1. The molecule has 0 amide bonds. The van der Waals surface area contributed by atoms with E-state index in [2.05, 4.69) is 13.8 Å². The van der Waals surface area contributed by atoms with Crippen LogP contribution in [0.2, 0.25) is 0 Å². The summed E-state index contributed by atoms with van der Waals surface area (Å²) in [6, 6.07) is 0. The van der Waals surface area contributed by atoms with E-state index < -0.39 is 11.7 Å². The van der Waals surface area contributed by atoms with E-state index in [0.717, 1.165) is 19.3 Å². The maximum absolute atomic E-state index is 12.2. The van der Waals surface area contributed by atoms with Gasteiger partial charge in [0.1, 0.15) is 0 Å².